The molecule has 1 unspecified atom stereocenters. The van der Waals surface area contributed by atoms with Crippen molar-refractivity contribution in [3.05, 3.63) is 69.2 Å². The average molecular weight is 379 g/mol. The van der Waals surface area contributed by atoms with Crippen molar-refractivity contribution in [2.24, 2.45) is 0 Å². The maximum Gasteiger partial charge on any atom is 0.269 e. The minimum Gasteiger partial charge on any atom is -0.339 e. The van der Waals surface area contributed by atoms with Gasteiger partial charge in [0.1, 0.15) is 0 Å². The number of amides is 1. The lowest BCUT2D eigenvalue weighted by atomic mass is 10.1. The number of nitro benzene ring substituents is 1. The number of halogens is 1. The van der Waals surface area contributed by atoms with Crippen molar-refractivity contribution in [1.82, 2.24) is 4.90 Å². The Kier molecular flexibility index (Phi) is 6.84. The first-order valence-corrected chi connectivity index (χ1v) is 9.13. The first-order chi connectivity index (χ1) is 11.9. The molecule has 0 bridgehead atoms. The van der Waals surface area contributed by atoms with E-state index in [2.05, 4.69) is 0 Å². The number of nitro groups is 1. The van der Waals surface area contributed by atoms with Gasteiger partial charge in [-0.1, -0.05) is 23.7 Å². The third-order valence-electron chi connectivity index (χ3n) is 3.94. The number of rotatable bonds is 7. The molecule has 7 heteroatoms. The molecule has 0 aromatic heterocycles. The number of hydrogen-bond donors (Lipinski definition) is 0. The minimum atomic E-state index is -0.430. The minimum absolute atomic E-state index is 0.000435. The molecule has 0 aliphatic carbocycles. The van der Waals surface area contributed by atoms with Gasteiger partial charge in [-0.15, -0.1) is 11.8 Å². The zero-order chi connectivity index (χ0) is 18.4. The summed E-state index contributed by atoms with van der Waals surface area (Å²) < 4.78 is 0. The molecule has 2 aromatic carbocycles. The fourth-order valence-electron chi connectivity index (χ4n) is 2.30. The summed E-state index contributed by atoms with van der Waals surface area (Å²) in [6, 6.07) is 13.7. The van der Waals surface area contributed by atoms with E-state index in [4.69, 9.17) is 11.6 Å². The molecule has 0 saturated heterocycles. The van der Waals surface area contributed by atoms with Gasteiger partial charge in [0.25, 0.3) is 5.69 Å². The van der Waals surface area contributed by atoms with Gasteiger partial charge in [-0.25, -0.2) is 0 Å². The highest BCUT2D eigenvalue weighted by Crippen LogP contribution is 2.25. The fourth-order valence-corrected chi connectivity index (χ4v) is 3.27. The number of benzene rings is 2. The lowest BCUT2D eigenvalue weighted by Gasteiger charge is -2.25. The van der Waals surface area contributed by atoms with E-state index in [0.717, 1.165) is 10.5 Å². The van der Waals surface area contributed by atoms with E-state index in [1.165, 1.54) is 12.1 Å². The Labute approximate surface area is 156 Å². The summed E-state index contributed by atoms with van der Waals surface area (Å²) in [4.78, 5) is 25.5. The van der Waals surface area contributed by atoms with Crippen LogP contribution >= 0.6 is 23.4 Å². The van der Waals surface area contributed by atoms with E-state index in [1.807, 2.05) is 31.2 Å². The van der Waals surface area contributed by atoms with Gasteiger partial charge in [0.15, 0.2) is 0 Å². The van der Waals surface area contributed by atoms with Crippen LogP contribution in [0.25, 0.3) is 0 Å². The molecule has 1 amide bonds. The molecule has 25 heavy (non-hydrogen) atoms. The Morgan fingerprint density at radius 3 is 2.60 bits per heavy atom. The monoisotopic (exact) mass is 378 g/mol. The fraction of sp³-hybridized carbons (Fsp3) is 0.278. The van der Waals surface area contributed by atoms with Crippen molar-refractivity contribution in [2.45, 2.75) is 24.3 Å². The highest BCUT2D eigenvalue weighted by Gasteiger charge is 2.19. The Morgan fingerprint density at radius 1 is 1.28 bits per heavy atom. The maximum absolute atomic E-state index is 12.4. The number of carbonyl (C=O) groups is 1. The smallest absolute Gasteiger partial charge is 0.269 e. The molecule has 0 saturated carbocycles. The van der Waals surface area contributed by atoms with E-state index in [9.17, 15) is 14.9 Å². The van der Waals surface area contributed by atoms with Gasteiger partial charge in [0.2, 0.25) is 5.91 Å². The number of nitrogens with zero attached hydrogens (tertiary/aromatic N) is 2. The first kappa shape index (κ1) is 19.3. The van der Waals surface area contributed by atoms with Crippen LogP contribution in [0.2, 0.25) is 5.02 Å². The van der Waals surface area contributed by atoms with Crippen LogP contribution in [0.4, 0.5) is 5.69 Å². The van der Waals surface area contributed by atoms with E-state index < -0.39 is 4.92 Å². The van der Waals surface area contributed by atoms with Crippen molar-refractivity contribution in [3.63, 3.8) is 0 Å². The predicted octanol–water partition coefficient (Wildman–Crippen LogP) is 4.95. The van der Waals surface area contributed by atoms with Crippen LogP contribution in [0, 0.1) is 10.1 Å². The SMILES string of the molecule is CC(c1cccc([N+](=O)[O-])c1)N(C)C(=O)CCSc1ccc(Cl)cc1. The largest absolute Gasteiger partial charge is 0.339 e. The summed E-state index contributed by atoms with van der Waals surface area (Å²) in [5.74, 6) is 0.660. The van der Waals surface area contributed by atoms with Crippen LogP contribution in [-0.4, -0.2) is 28.5 Å². The van der Waals surface area contributed by atoms with E-state index >= 15 is 0 Å². The van der Waals surface area contributed by atoms with Crippen LogP contribution in [0.1, 0.15) is 24.9 Å². The normalized spacial score (nSPS) is 11.8. The van der Waals surface area contributed by atoms with Gasteiger partial charge in [0, 0.05) is 41.3 Å². The molecule has 0 N–H and O–H groups in total. The van der Waals surface area contributed by atoms with Crippen molar-refractivity contribution in [2.75, 3.05) is 12.8 Å². The van der Waals surface area contributed by atoms with E-state index in [-0.39, 0.29) is 17.6 Å². The van der Waals surface area contributed by atoms with Crippen LogP contribution in [0.5, 0.6) is 0 Å². The molecule has 0 radical (unpaired) electrons. The molecule has 0 heterocycles. The number of carbonyl (C=O) groups excluding carboxylic acids is 1. The molecule has 0 aliphatic rings. The third kappa shape index (κ3) is 5.47. The number of hydrogen-bond acceptors (Lipinski definition) is 4. The summed E-state index contributed by atoms with van der Waals surface area (Å²) >= 11 is 7.44. The summed E-state index contributed by atoms with van der Waals surface area (Å²) in [7, 11) is 1.72. The molecule has 132 valence electrons. The lowest BCUT2D eigenvalue weighted by Crippen LogP contribution is -2.29. The molecule has 0 aliphatic heterocycles. The van der Waals surface area contributed by atoms with Gasteiger partial charge in [-0.3, -0.25) is 14.9 Å². The third-order valence-corrected chi connectivity index (χ3v) is 5.20. The first-order valence-electron chi connectivity index (χ1n) is 7.77. The molecular weight excluding hydrogens is 360 g/mol. The summed E-state index contributed by atoms with van der Waals surface area (Å²) in [6.07, 6.45) is 0.392. The van der Waals surface area contributed by atoms with Crippen LogP contribution in [-0.2, 0) is 4.79 Å². The van der Waals surface area contributed by atoms with Gasteiger partial charge in [-0.05, 0) is 36.8 Å². The molecule has 5 nitrogen and oxygen atoms in total. The highest BCUT2D eigenvalue weighted by molar-refractivity contribution is 7.99. The Morgan fingerprint density at radius 2 is 1.96 bits per heavy atom. The van der Waals surface area contributed by atoms with Crippen LogP contribution in [0.15, 0.2) is 53.4 Å². The van der Waals surface area contributed by atoms with Crippen LogP contribution in [0.3, 0.4) is 0 Å². The second-order valence-corrected chi connectivity index (χ2v) is 7.19. The zero-order valence-corrected chi connectivity index (χ0v) is 15.6. The van der Waals surface area contributed by atoms with E-state index in [0.29, 0.717) is 17.2 Å². The van der Waals surface area contributed by atoms with Crippen molar-refractivity contribution in [1.29, 1.82) is 0 Å². The van der Waals surface area contributed by atoms with Crippen LogP contribution < -0.4 is 0 Å². The zero-order valence-electron chi connectivity index (χ0n) is 14.0. The van der Waals surface area contributed by atoms with Crippen molar-refractivity contribution < 1.29 is 9.72 Å². The van der Waals surface area contributed by atoms with Gasteiger partial charge in [-0.2, -0.15) is 0 Å². The quantitative estimate of drug-likeness (QED) is 0.388. The Hall–Kier alpha value is -2.05. The van der Waals surface area contributed by atoms with E-state index in [1.54, 1.807) is 35.8 Å². The average Bonchev–Trinajstić information content (AvgIpc) is 2.62. The standard InChI is InChI=1S/C18H19ClN2O3S/c1-13(14-4-3-5-16(12-14)21(23)24)20(2)18(22)10-11-25-17-8-6-15(19)7-9-17/h3-9,12-13H,10-11H2,1-2H3. The van der Waals surface area contributed by atoms with Crippen molar-refractivity contribution in [3.8, 4) is 0 Å². The molecule has 1 atom stereocenters. The second-order valence-electron chi connectivity index (χ2n) is 5.59. The molecular formula is C18H19ClN2O3S. The van der Waals surface area contributed by atoms with Crippen molar-refractivity contribution >= 4 is 35.0 Å². The lowest BCUT2D eigenvalue weighted by molar-refractivity contribution is -0.384. The predicted molar refractivity (Wildman–Crippen MR) is 101 cm³/mol. The highest BCUT2D eigenvalue weighted by atomic mass is 35.5. The molecule has 0 spiro atoms. The maximum atomic E-state index is 12.4. The van der Waals surface area contributed by atoms with Gasteiger partial charge >= 0.3 is 0 Å². The Balaban J connectivity index is 1.91. The second kappa shape index (κ2) is 8.87. The number of thioether (sulfide) groups is 1. The van der Waals surface area contributed by atoms with Gasteiger partial charge < -0.3 is 4.90 Å². The molecule has 2 rings (SSSR count). The summed E-state index contributed by atoms with van der Waals surface area (Å²) in [5.41, 5.74) is 0.777. The topological polar surface area (TPSA) is 63.5 Å². The summed E-state index contributed by atoms with van der Waals surface area (Å²) in [5, 5.41) is 11.6. The Bertz CT molecular complexity index is 752. The molecule has 0 fully saturated rings. The number of non-ortho nitro benzene ring substituents is 1. The van der Waals surface area contributed by atoms with Gasteiger partial charge in [0.05, 0.1) is 11.0 Å². The summed E-state index contributed by atoms with van der Waals surface area (Å²) in [6.45, 7) is 1.86. The molecule has 2 aromatic rings.